The van der Waals surface area contributed by atoms with E-state index in [1.165, 1.54) is 11.3 Å². The first-order valence-electron chi connectivity index (χ1n) is 7.88. The molecule has 0 saturated heterocycles. The number of nitrogens with two attached hydrogens (primary N) is 1. The lowest BCUT2D eigenvalue weighted by molar-refractivity contribution is 0.0955. The number of hydrogen-bond donors (Lipinski definition) is 2. The molecule has 0 saturated carbocycles. The summed E-state index contributed by atoms with van der Waals surface area (Å²) in [5.41, 5.74) is 10.3. The Morgan fingerprint density at radius 1 is 1.35 bits per heavy atom. The van der Waals surface area contributed by atoms with Crippen molar-refractivity contribution in [3.05, 3.63) is 52.0 Å². The van der Waals surface area contributed by atoms with Gasteiger partial charge in [0.05, 0.1) is 27.0 Å². The van der Waals surface area contributed by atoms with Gasteiger partial charge in [0.1, 0.15) is 5.75 Å². The van der Waals surface area contributed by atoms with Gasteiger partial charge in [-0.05, 0) is 71.7 Å². The summed E-state index contributed by atoms with van der Waals surface area (Å²) in [5, 5.41) is 4.49. The first kappa shape index (κ1) is 18.3. The molecule has 1 aromatic heterocycles. The normalized spacial score (nSPS) is 11.4. The van der Waals surface area contributed by atoms with E-state index in [2.05, 4.69) is 31.4 Å². The Morgan fingerprint density at radius 2 is 2.15 bits per heavy atom. The number of ether oxygens (including phenoxy) is 1. The summed E-state index contributed by atoms with van der Waals surface area (Å²) in [6, 6.07) is 10.8. The Labute approximate surface area is 163 Å². The summed E-state index contributed by atoms with van der Waals surface area (Å²) in [6.45, 7) is 3.94. The highest BCUT2D eigenvalue weighted by Crippen LogP contribution is 2.26. The summed E-state index contributed by atoms with van der Waals surface area (Å²) < 4.78 is 7.36. The molecule has 0 radical (unpaired) electrons. The lowest BCUT2D eigenvalue weighted by Gasteiger charge is -2.11. The molecule has 0 spiro atoms. The minimum atomic E-state index is -0.297. The average molecular weight is 433 g/mol. The van der Waals surface area contributed by atoms with Crippen LogP contribution in [0, 0.1) is 0 Å². The topological polar surface area (TPSA) is 89.6 Å². The van der Waals surface area contributed by atoms with Gasteiger partial charge in [0.25, 0.3) is 5.91 Å². The number of halogens is 1. The number of nitrogens with one attached hydrogen (secondary N) is 1. The van der Waals surface area contributed by atoms with E-state index >= 15 is 0 Å². The van der Waals surface area contributed by atoms with Crippen molar-refractivity contribution in [2.45, 2.75) is 20.0 Å². The Morgan fingerprint density at radius 3 is 2.88 bits per heavy atom. The number of carbonyl (C=O) groups is 1. The number of thiazole rings is 1. The van der Waals surface area contributed by atoms with Crippen molar-refractivity contribution in [2.24, 2.45) is 5.10 Å². The first-order valence-corrected chi connectivity index (χ1v) is 9.49. The van der Waals surface area contributed by atoms with Gasteiger partial charge >= 0.3 is 0 Å². The van der Waals surface area contributed by atoms with Gasteiger partial charge in [-0.2, -0.15) is 5.10 Å². The number of hydrogen-bond acceptors (Lipinski definition) is 6. The minimum absolute atomic E-state index is 0.0938. The van der Waals surface area contributed by atoms with Gasteiger partial charge < -0.3 is 10.5 Å². The highest BCUT2D eigenvalue weighted by Gasteiger charge is 2.08. The third-order valence-electron chi connectivity index (χ3n) is 3.37. The molecule has 3 rings (SSSR count). The van der Waals surface area contributed by atoms with Crippen LogP contribution in [0.3, 0.4) is 0 Å². The molecule has 8 heteroatoms. The molecule has 1 heterocycles. The molecule has 26 heavy (non-hydrogen) atoms. The van der Waals surface area contributed by atoms with Crippen LogP contribution in [-0.4, -0.2) is 23.2 Å². The van der Waals surface area contributed by atoms with Crippen LogP contribution in [0.4, 0.5) is 5.13 Å². The molecule has 3 aromatic rings. The van der Waals surface area contributed by atoms with Gasteiger partial charge in [0, 0.05) is 5.56 Å². The zero-order valence-electron chi connectivity index (χ0n) is 14.2. The van der Waals surface area contributed by atoms with Crippen LogP contribution in [0.2, 0.25) is 0 Å². The Kier molecular flexibility index (Phi) is 5.53. The van der Waals surface area contributed by atoms with Crippen molar-refractivity contribution in [1.29, 1.82) is 0 Å². The zero-order chi connectivity index (χ0) is 18.7. The second-order valence-electron chi connectivity index (χ2n) is 5.79. The summed E-state index contributed by atoms with van der Waals surface area (Å²) in [4.78, 5) is 16.4. The standard InChI is InChI=1S/C18H17BrN4O2S/c1-10(2)25-15-6-3-11(7-13(15)19)9-21-23-17(24)12-4-5-14-16(8-12)26-18(20)22-14/h3-10H,1-2H3,(H2,20,22)(H,23,24)/b21-9-. The SMILES string of the molecule is CC(C)Oc1ccc(/C=N\NC(=O)c2ccc3nc(N)sc3c2)cc1Br. The molecule has 1 amide bonds. The maximum Gasteiger partial charge on any atom is 0.271 e. The largest absolute Gasteiger partial charge is 0.490 e. The fraction of sp³-hybridized carbons (Fsp3) is 0.167. The van der Waals surface area contributed by atoms with Crippen molar-refractivity contribution < 1.29 is 9.53 Å². The fourth-order valence-electron chi connectivity index (χ4n) is 2.26. The van der Waals surface area contributed by atoms with Crippen LogP contribution in [0.25, 0.3) is 10.2 Å². The third-order valence-corrected chi connectivity index (χ3v) is 4.83. The Hall–Kier alpha value is -2.45. The van der Waals surface area contributed by atoms with E-state index in [0.717, 1.165) is 26.0 Å². The van der Waals surface area contributed by atoms with Gasteiger partial charge in [-0.25, -0.2) is 10.4 Å². The molecule has 0 bridgehead atoms. The highest BCUT2D eigenvalue weighted by molar-refractivity contribution is 9.10. The quantitative estimate of drug-likeness (QED) is 0.467. The lowest BCUT2D eigenvalue weighted by atomic mass is 10.2. The second kappa shape index (κ2) is 7.84. The molecule has 0 fully saturated rings. The number of rotatable bonds is 5. The van der Waals surface area contributed by atoms with Crippen LogP contribution in [0.15, 0.2) is 46.0 Å². The van der Waals surface area contributed by atoms with E-state index in [0.29, 0.717) is 10.7 Å². The maximum atomic E-state index is 12.2. The average Bonchev–Trinajstić information content (AvgIpc) is 2.96. The van der Waals surface area contributed by atoms with Crippen LogP contribution in [0.5, 0.6) is 5.75 Å². The number of nitrogens with zero attached hydrogens (tertiary/aromatic N) is 2. The number of amides is 1. The number of fused-ring (bicyclic) bond motifs is 1. The van der Waals surface area contributed by atoms with Crippen molar-refractivity contribution in [2.75, 3.05) is 5.73 Å². The second-order valence-corrected chi connectivity index (χ2v) is 7.71. The summed E-state index contributed by atoms with van der Waals surface area (Å²) in [6.07, 6.45) is 1.67. The number of carbonyl (C=O) groups excluding carboxylic acids is 1. The van der Waals surface area contributed by atoms with E-state index in [-0.39, 0.29) is 12.0 Å². The van der Waals surface area contributed by atoms with Crippen LogP contribution < -0.4 is 15.9 Å². The van der Waals surface area contributed by atoms with Crippen LogP contribution >= 0.6 is 27.3 Å². The van der Waals surface area contributed by atoms with E-state index in [9.17, 15) is 4.79 Å². The summed E-state index contributed by atoms with van der Waals surface area (Å²) >= 11 is 4.81. The first-order chi connectivity index (χ1) is 12.4. The van der Waals surface area contributed by atoms with Gasteiger partial charge in [-0.1, -0.05) is 11.3 Å². The lowest BCUT2D eigenvalue weighted by Crippen LogP contribution is -2.17. The van der Waals surface area contributed by atoms with Gasteiger partial charge in [0.2, 0.25) is 0 Å². The van der Waals surface area contributed by atoms with Crippen molar-refractivity contribution >= 4 is 54.7 Å². The van der Waals surface area contributed by atoms with Crippen molar-refractivity contribution in [1.82, 2.24) is 10.4 Å². The molecule has 2 aromatic carbocycles. The maximum absolute atomic E-state index is 12.2. The summed E-state index contributed by atoms with van der Waals surface area (Å²) in [5.74, 6) is 0.465. The molecular weight excluding hydrogens is 416 g/mol. The molecule has 0 aliphatic rings. The number of aromatic nitrogens is 1. The van der Waals surface area contributed by atoms with E-state index in [4.69, 9.17) is 10.5 Å². The molecule has 0 unspecified atom stereocenters. The van der Waals surface area contributed by atoms with Crippen molar-refractivity contribution in [3.63, 3.8) is 0 Å². The van der Waals surface area contributed by atoms with E-state index in [1.54, 1.807) is 24.4 Å². The molecule has 0 aliphatic carbocycles. The monoisotopic (exact) mass is 432 g/mol. The number of nitrogen functional groups attached to an aromatic ring is 1. The molecule has 0 aliphatic heterocycles. The van der Waals surface area contributed by atoms with Gasteiger partial charge in [-0.3, -0.25) is 4.79 Å². The van der Waals surface area contributed by atoms with E-state index < -0.39 is 0 Å². The van der Waals surface area contributed by atoms with Gasteiger partial charge in [-0.15, -0.1) is 0 Å². The molecule has 134 valence electrons. The Balaban J connectivity index is 1.67. The minimum Gasteiger partial charge on any atom is -0.490 e. The molecule has 0 atom stereocenters. The predicted octanol–water partition coefficient (Wildman–Crippen LogP) is 4.19. The van der Waals surface area contributed by atoms with Crippen molar-refractivity contribution in [3.8, 4) is 5.75 Å². The zero-order valence-corrected chi connectivity index (χ0v) is 16.6. The summed E-state index contributed by atoms with van der Waals surface area (Å²) in [7, 11) is 0. The number of hydrazone groups is 1. The van der Waals surface area contributed by atoms with Gasteiger partial charge in [0.15, 0.2) is 5.13 Å². The third kappa shape index (κ3) is 4.39. The molecule has 3 N–H and O–H groups in total. The Bertz CT molecular complexity index is 984. The molecule has 6 nitrogen and oxygen atoms in total. The highest BCUT2D eigenvalue weighted by atomic mass is 79.9. The van der Waals surface area contributed by atoms with Crippen LogP contribution in [0.1, 0.15) is 29.8 Å². The fourth-order valence-corrected chi connectivity index (χ4v) is 3.52. The number of benzene rings is 2. The van der Waals surface area contributed by atoms with Crippen LogP contribution in [-0.2, 0) is 0 Å². The number of anilines is 1. The predicted molar refractivity (Wildman–Crippen MR) is 109 cm³/mol. The molecular formula is C18H17BrN4O2S. The smallest absolute Gasteiger partial charge is 0.271 e. The van der Waals surface area contributed by atoms with E-state index in [1.807, 2.05) is 32.0 Å².